The number of carbonyl (C=O) groups is 1. The second kappa shape index (κ2) is 9.70. The summed E-state index contributed by atoms with van der Waals surface area (Å²) in [5.41, 5.74) is 4.33. The Hall–Kier alpha value is -3.59. The fraction of sp³-hybridized carbons (Fsp3) is 0.464. The highest BCUT2D eigenvalue weighted by atomic mass is 16.7. The highest BCUT2D eigenvalue weighted by Gasteiger charge is 2.43. The van der Waals surface area contributed by atoms with Crippen LogP contribution in [0.4, 0.5) is 5.69 Å². The maximum absolute atomic E-state index is 13.3. The second-order valence-electron chi connectivity index (χ2n) is 9.65. The van der Waals surface area contributed by atoms with Gasteiger partial charge in [-0.2, -0.15) is 0 Å². The molecule has 6 rings (SSSR count). The summed E-state index contributed by atoms with van der Waals surface area (Å²) in [5, 5.41) is 0. The number of nitrogens with zero attached hydrogens (tertiary/aromatic N) is 2. The number of esters is 1. The standard InChI is InChI=1S/C28H32N2O7/c1-32-23-11-17(12-24(33-2)27(23)34-3)25-18-13-21-22(37-16-36-21)14-19(18)30(20-15-35-28(31)26(20)25)10-9-29-7-5-4-6-8-29/h11-14,25H,4-10,15-16H2,1-3H3. The van der Waals surface area contributed by atoms with Gasteiger partial charge in [-0.25, -0.2) is 4.79 Å². The van der Waals surface area contributed by atoms with Crippen LogP contribution in [-0.2, 0) is 9.53 Å². The zero-order valence-electron chi connectivity index (χ0n) is 21.5. The lowest BCUT2D eigenvalue weighted by atomic mass is 9.80. The summed E-state index contributed by atoms with van der Waals surface area (Å²) in [6, 6.07) is 7.83. The average Bonchev–Trinajstić information content (AvgIpc) is 3.56. The highest BCUT2D eigenvalue weighted by Crippen LogP contribution is 2.53. The zero-order chi connectivity index (χ0) is 25.5. The first-order valence-electron chi connectivity index (χ1n) is 12.8. The van der Waals surface area contributed by atoms with Gasteiger partial charge in [0.15, 0.2) is 23.0 Å². The monoisotopic (exact) mass is 508 g/mol. The molecule has 4 aliphatic rings. The Morgan fingerprint density at radius 1 is 0.865 bits per heavy atom. The Labute approximate surface area is 216 Å². The van der Waals surface area contributed by atoms with Gasteiger partial charge in [0, 0.05) is 30.8 Å². The normalized spacial score (nSPS) is 20.5. The number of carbonyl (C=O) groups excluding carboxylic acids is 1. The first-order chi connectivity index (χ1) is 18.1. The molecule has 0 saturated carbocycles. The molecule has 1 fully saturated rings. The minimum Gasteiger partial charge on any atom is -0.493 e. The van der Waals surface area contributed by atoms with E-state index in [9.17, 15) is 4.79 Å². The van der Waals surface area contributed by atoms with Crippen LogP contribution >= 0.6 is 0 Å². The molecule has 196 valence electrons. The number of ether oxygens (including phenoxy) is 6. The third-order valence-electron chi connectivity index (χ3n) is 7.72. The summed E-state index contributed by atoms with van der Waals surface area (Å²) >= 11 is 0. The molecule has 0 N–H and O–H groups in total. The molecular weight excluding hydrogens is 476 g/mol. The van der Waals surface area contributed by atoms with Gasteiger partial charge in [-0.15, -0.1) is 0 Å². The molecule has 9 heteroatoms. The van der Waals surface area contributed by atoms with E-state index in [1.807, 2.05) is 24.3 Å². The number of methoxy groups -OCH3 is 3. The van der Waals surface area contributed by atoms with Crippen molar-refractivity contribution in [3.63, 3.8) is 0 Å². The predicted octanol–water partition coefficient (Wildman–Crippen LogP) is 3.69. The molecule has 37 heavy (non-hydrogen) atoms. The SMILES string of the molecule is COc1cc(C2C3=C(COC3=O)N(CCN3CCCCC3)c3cc4c(cc32)OCO4)cc(OC)c1OC. The highest BCUT2D eigenvalue weighted by molar-refractivity contribution is 5.98. The molecule has 1 unspecified atom stereocenters. The maximum atomic E-state index is 13.3. The van der Waals surface area contributed by atoms with Crippen molar-refractivity contribution in [3.8, 4) is 28.7 Å². The third-order valence-corrected chi connectivity index (χ3v) is 7.72. The van der Waals surface area contributed by atoms with Gasteiger partial charge in [0.05, 0.1) is 32.6 Å². The van der Waals surface area contributed by atoms with Gasteiger partial charge >= 0.3 is 5.97 Å². The van der Waals surface area contributed by atoms with Crippen LogP contribution in [0.15, 0.2) is 35.5 Å². The second-order valence-corrected chi connectivity index (χ2v) is 9.65. The Kier molecular flexibility index (Phi) is 6.24. The fourth-order valence-corrected chi connectivity index (χ4v) is 5.92. The van der Waals surface area contributed by atoms with E-state index >= 15 is 0 Å². The number of piperidine rings is 1. The summed E-state index contributed by atoms with van der Waals surface area (Å²) in [4.78, 5) is 18.0. The minimum absolute atomic E-state index is 0.177. The molecule has 0 spiro atoms. The van der Waals surface area contributed by atoms with E-state index in [2.05, 4.69) is 9.80 Å². The molecule has 9 nitrogen and oxygen atoms in total. The van der Waals surface area contributed by atoms with Crippen molar-refractivity contribution < 1.29 is 33.2 Å². The van der Waals surface area contributed by atoms with Crippen LogP contribution in [0.5, 0.6) is 28.7 Å². The van der Waals surface area contributed by atoms with Crippen LogP contribution in [0.2, 0.25) is 0 Å². The molecular formula is C28H32N2O7. The minimum atomic E-state index is -0.394. The van der Waals surface area contributed by atoms with Crippen molar-refractivity contribution >= 4 is 11.7 Å². The van der Waals surface area contributed by atoms with Crippen LogP contribution in [0.25, 0.3) is 0 Å². The quantitative estimate of drug-likeness (QED) is 0.521. The summed E-state index contributed by atoms with van der Waals surface area (Å²) in [6.45, 7) is 4.30. The lowest BCUT2D eigenvalue weighted by Gasteiger charge is -2.37. The number of benzene rings is 2. The van der Waals surface area contributed by atoms with Crippen molar-refractivity contribution in [2.75, 3.05) is 65.8 Å². The topological polar surface area (TPSA) is 78.9 Å². The largest absolute Gasteiger partial charge is 0.493 e. The van der Waals surface area contributed by atoms with Gasteiger partial charge in [-0.05, 0) is 55.3 Å². The van der Waals surface area contributed by atoms with Gasteiger partial charge in [-0.1, -0.05) is 6.42 Å². The van der Waals surface area contributed by atoms with Crippen LogP contribution in [0.1, 0.15) is 36.3 Å². The lowest BCUT2D eigenvalue weighted by Crippen LogP contribution is -2.40. The van der Waals surface area contributed by atoms with Crippen molar-refractivity contribution in [2.45, 2.75) is 25.2 Å². The molecule has 0 bridgehead atoms. The molecule has 0 aliphatic carbocycles. The molecule has 4 aliphatic heterocycles. The summed E-state index contributed by atoms with van der Waals surface area (Å²) in [6.07, 6.45) is 3.75. The number of hydrogen-bond donors (Lipinski definition) is 0. The first-order valence-corrected chi connectivity index (χ1v) is 12.8. The zero-order valence-corrected chi connectivity index (χ0v) is 21.5. The Bertz CT molecular complexity index is 1230. The van der Waals surface area contributed by atoms with Crippen molar-refractivity contribution in [1.82, 2.24) is 4.90 Å². The van der Waals surface area contributed by atoms with Crippen LogP contribution in [0, 0.1) is 0 Å². The molecule has 2 aromatic rings. The number of cyclic esters (lactones) is 1. The van der Waals surface area contributed by atoms with E-state index in [0.29, 0.717) is 34.3 Å². The lowest BCUT2D eigenvalue weighted by molar-refractivity contribution is -0.136. The van der Waals surface area contributed by atoms with Gasteiger partial charge in [-0.3, -0.25) is 0 Å². The Morgan fingerprint density at radius 2 is 1.57 bits per heavy atom. The summed E-state index contributed by atoms with van der Waals surface area (Å²) < 4.78 is 34.0. The molecule has 0 amide bonds. The third kappa shape index (κ3) is 4.01. The Morgan fingerprint density at radius 3 is 2.24 bits per heavy atom. The van der Waals surface area contributed by atoms with Gasteiger partial charge in [0.2, 0.25) is 12.5 Å². The first kappa shape index (κ1) is 23.8. The van der Waals surface area contributed by atoms with E-state index in [1.54, 1.807) is 21.3 Å². The molecule has 4 heterocycles. The Balaban J connectivity index is 1.49. The molecule has 0 aromatic heterocycles. The van der Waals surface area contributed by atoms with Crippen LogP contribution in [-0.4, -0.2) is 71.8 Å². The number of rotatable bonds is 7. The van der Waals surface area contributed by atoms with E-state index in [0.717, 1.165) is 48.7 Å². The maximum Gasteiger partial charge on any atom is 0.337 e. The fourth-order valence-electron chi connectivity index (χ4n) is 5.92. The predicted molar refractivity (Wildman–Crippen MR) is 136 cm³/mol. The van der Waals surface area contributed by atoms with E-state index in [-0.39, 0.29) is 19.4 Å². The van der Waals surface area contributed by atoms with Gasteiger partial charge in [0.25, 0.3) is 0 Å². The van der Waals surface area contributed by atoms with Crippen molar-refractivity contribution in [2.24, 2.45) is 0 Å². The van der Waals surface area contributed by atoms with Crippen molar-refractivity contribution in [3.05, 3.63) is 46.7 Å². The van der Waals surface area contributed by atoms with Gasteiger partial charge < -0.3 is 38.2 Å². The van der Waals surface area contributed by atoms with Crippen LogP contribution in [0.3, 0.4) is 0 Å². The number of fused-ring (bicyclic) bond motifs is 2. The molecule has 1 atom stereocenters. The number of anilines is 1. The van der Waals surface area contributed by atoms with Gasteiger partial charge in [0.1, 0.15) is 6.61 Å². The molecule has 2 aromatic carbocycles. The van der Waals surface area contributed by atoms with Crippen LogP contribution < -0.4 is 28.6 Å². The summed E-state index contributed by atoms with van der Waals surface area (Å²) in [5.74, 6) is 2.24. The number of likely N-dealkylation sites (tertiary alicyclic amines) is 1. The molecule has 0 radical (unpaired) electrons. The van der Waals surface area contributed by atoms with E-state index in [4.69, 9.17) is 28.4 Å². The smallest absolute Gasteiger partial charge is 0.337 e. The van der Waals surface area contributed by atoms with E-state index in [1.165, 1.54) is 19.3 Å². The summed E-state index contributed by atoms with van der Waals surface area (Å²) in [7, 11) is 4.75. The molecule has 1 saturated heterocycles. The number of hydrogen-bond acceptors (Lipinski definition) is 9. The van der Waals surface area contributed by atoms with E-state index < -0.39 is 5.92 Å². The van der Waals surface area contributed by atoms with Crippen molar-refractivity contribution in [1.29, 1.82) is 0 Å². The average molecular weight is 509 g/mol.